The summed E-state index contributed by atoms with van der Waals surface area (Å²) in [5.41, 5.74) is 1.86. The zero-order valence-electron chi connectivity index (χ0n) is 9.90. The molecule has 0 bridgehead atoms. The molecule has 0 aliphatic heterocycles. The molecule has 1 aromatic rings. The predicted octanol–water partition coefficient (Wildman–Crippen LogP) is 2.19. The van der Waals surface area contributed by atoms with Gasteiger partial charge in [-0.3, -0.25) is 0 Å². The second-order valence-corrected chi connectivity index (χ2v) is 6.08. The third-order valence-corrected chi connectivity index (χ3v) is 4.04. The van der Waals surface area contributed by atoms with Crippen molar-refractivity contribution in [3.63, 3.8) is 0 Å². The Morgan fingerprint density at radius 2 is 1.81 bits per heavy atom. The lowest BCUT2D eigenvalue weighted by molar-refractivity contribution is 0.493. The first-order chi connectivity index (χ1) is 7.34. The zero-order valence-corrected chi connectivity index (χ0v) is 10.7. The van der Waals surface area contributed by atoms with Gasteiger partial charge >= 0.3 is 0 Å². The van der Waals surface area contributed by atoms with Crippen LogP contribution in [0.25, 0.3) is 0 Å². The van der Waals surface area contributed by atoms with Crippen molar-refractivity contribution in [2.75, 3.05) is 13.6 Å². The van der Waals surface area contributed by atoms with Gasteiger partial charge in [-0.25, -0.2) is 8.42 Å². The van der Waals surface area contributed by atoms with E-state index in [1.807, 2.05) is 6.92 Å². The Balaban J connectivity index is 3.02. The summed E-state index contributed by atoms with van der Waals surface area (Å²) >= 11 is 0. The standard InChI is InChI=1S/C12H17NO2S/c1-10(2)9-13(4)16(14,15)12-7-5-11(3)6-8-12/h5-8H,1,9H2,2-4H3. The number of aryl methyl sites for hydroxylation is 1. The van der Waals surface area contributed by atoms with Crippen LogP contribution in [0.1, 0.15) is 12.5 Å². The normalized spacial score (nSPS) is 11.8. The number of nitrogens with zero attached hydrogens (tertiary/aromatic N) is 1. The van der Waals surface area contributed by atoms with Gasteiger partial charge in [-0.2, -0.15) is 4.31 Å². The van der Waals surface area contributed by atoms with Gasteiger partial charge in [0.25, 0.3) is 0 Å². The van der Waals surface area contributed by atoms with Crippen molar-refractivity contribution in [1.82, 2.24) is 4.31 Å². The molecule has 0 spiro atoms. The SMILES string of the molecule is C=C(C)CN(C)S(=O)(=O)c1ccc(C)cc1. The summed E-state index contributed by atoms with van der Waals surface area (Å²) in [7, 11) is -1.82. The fraction of sp³-hybridized carbons (Fsp3) is 0.333. The number of rotatable bonds is 4. The van der Waals surface area contributed by atoms with E-state index in [1.165, 1.54) is 4.31 Å². The molecule has 1 rings (SSSR count). The van der Waals surface area contributed by atoms with Gasteiger partial charge in [-0.1, -0.05) is 29.8 Å². The van der Waals surface area contributed by atoms with Gasteiger partial charge in [0.2, 0.25) is 10.0 Å². The molecular formula is C12H17NO2S. The monoisotopic (exact) mass is 239 g/mol. The van der Waals surface area contributed by atoms with Crippen molar-refractivity contribution in [2.45, 2.75) is 18.7 Å². The van der Waals surface area contributed by atoms with Gasteiger partial charge in [-0.15, -0.1) is 0 Å². The van der Waals surface area contributed by atoms with E-state index < -0.39 is 10.0 Å². The first-order valence-corrected chi connectivity index (χ1v) is 6.45. The Morgan fingerprint density at radius 3 is 2.25 bits per heavy atom. The molecule has 0 saturated carbocycles. The van der Waals surface area contributed by atoms with Crippen LogP contribution in [0, 0.1) is 6.92 Å². The molecule has 0 atom stereocenters. The second-order valence-electron chi connectivity index (χ2n) is 4.03. The highest BCUT2D eigenvalue weighted by Gasteiger charge is 2.19. The van der Waals surface area contributed by atoms with Crippen molar-refractivity contribution in [3.05, 3.63) is 42.0 Å². The van der Waals surface area contributed by atoms with Gasteiger partial charge in [0, 0.05) is 13.6 Å². The molecule has 0 N–H and O–H groups in total. The maximum atomic E-state index is 12.1. The Bertz CT molecular complexity index is 474. The highest BCUT2D eigenvalue weighted by atomic mass is 32.2. The molecular weight excluding hydrogens is 222 g/mol. The first kappa shape index (κ1) is 12.9. The van der Waals surface area contributed by atoms with E-state index in [9.17, 15) is 8.42 Å². The predicted molar refractivity (Wildman–Crippen MR) is 65.8 cm³/mol. The van der Waals surface area contributed by atoms with Crippen molar-refractivity contribution in [2.24, 2.45) is 0 Å². The van der Waals surface area contributed by atoms with Crippen LogP contribution in [0.5, 0.6) is 0 Å². The Hall–Kier alpha value is -1.13. The Morgan fingerprint density at radius 1 is 1.31 bits per heavy atom. The smallest absolute Gasteiger partial charge is 0.207 e. The third kappa shape index (κ3) is 2.93. The van der Waals surface area contributed by atoms with E-state index in [4.69, 9.17) is 0 Å². The number of hydrogen-bond donors (Lipinski definition) is 0. The van der Waals surface area contributed by atoms with Crippen molar-refractivity contribution in [1.29, 1.82) is 0 Å². The fourth-order valence-electron chi connectivity index (χ4n) is 1.36. The fourth-order valence-corrected chi connectivity index (χ4v) is 2.59. The molecule has 16 heavy (non-hydrogen) atoms. The zero-order chi connectivity index (χ0) is 12.3. The number of sulfonamides is 1. The summed E-state index contributed by atoms with van der Waals surface area (Å²) in [6.45, 7) is 7.79. The average molecular weight is 239 g/mol. The van der Waals surface area contributed by atoms with Crippen LogP contribution >= 0.6 is 0 Å². The number of benzene rings is 1. The molecule has 0 radical (unpaired) electrons. The lowest BCUT2D eigenvalue weighted by Crippen LogP contribution is -2.28. The van der Waals surface area contributed by atoms with Crippen molar-refractivity contribution >= 4 is 10.0 Å². The number of likely N-dealkylation sites (N-methyl/N-ethyl adjacent to an activating group) is 1. The summed E-state index contributed by atoms with van der Waals surface area (Å²) in [6.07, 6.45) is 0. The summed E-state index contributed by atoms with van der Waals surface area (Å²) in [6, 6.07) is 6.84. The highest BCUT2D eigenvalue weighted by molar-refractivity contribution is 7.89. The van der Waals surface area contributed by atoms with Crippen molar-refractivity contribution < 1.29 is 8.42 Å². The molecule has 0 fully saturated rings. The molecule has 0 aromatic heterocycles. The maximum Gasteiger partial charge on any atom is 0.243 e. The molecule has 0 unspecified atom stereocenters. The molecule has 0 saturated heterocycles. The quantitative estimate of drug-likeness (QED) is 0.755. The lowest BCUT2D eigenvalue weighted by Gasteiger charge is -2.17. The minimum absolute atomic E-state index is 0.321. The molecule has 0 aliphatic carbocycles. The largest absolute Gasteiger partial charge is 0.243 e. The summed E-state index contributed by atoms with van der Waals surface area (Å²) < 4.78 is 25.4. The number of hydrogen-bond acceptors (Lipinski definition) is 2. The highest BCUT2D eigenvalue weighted by Crippen LogP contribution is 2.15. The minimum Gasteiger partial charge on any atom is -0.207 e. The van der Waals surface area contributed by atoms with Gasteiger partial charge in [0.15, 0.2) is 0 Å². The van der Waals surface area contributed by atoms with Crippen LogP contribution in [0.2, 0.25) is 0 Å². The molecule has 0 heterocycles. The minimum atomic E-state index is -3.38. The molecule has 3 nitrogen and oxygen atoms in total. The van der Waals surface area contributed by atoms with Gasteiger partial charge in [0.05, 0.1) is 4.90 Å². The van der Waals surface area contributed by atoms with Gasteiger partial charge in [0.1, 0.15) is 0 Å². The van der Waals surface area contributed by atoms with Crippen LogP contribution in [0.4, 0.5) is 0 Å². The summed E-state index contributed by atoms with van der Waals surface area (Å²) in [4.78, 5) is 0.321. The van der Waals surface area contributed by atoms with Crippen LogP contribution < -0.4 is 0 Å². The van der Waals surface area contributed by atoms with Gasteiger partial charge < -0.3 is 0 Å². The van der Waals surface area contributed by atoms with Gasteiger partial charge in [-0.05, 0) is 26.0 Å². The Labute approximate surface area is 97.5 Å². The van der Waals surface area contributed by atoms with E-state index in [-0.39, 0.29) is 0 Å². The van der Waals surface area contributed by atoms with E-state index in [2.05, 4.69) is 6.58 Å². The molecule has 4 heteroatoms. The van der Waals surface area contributed by atoms with Crippen LogP contribution in [0.15, 0.2) is 41.3 Å². The van der Waals surface area contributed by atoms with Crippen LogP contribution in [-0.4, -0.2) is 26.3 Å². The van der Waals surface area contributed by atoms with E-state index in [0.29, 0.717) is 11.4 Å². The van der Waals surface area contributed by atoms with Crippen LogP contribution in [0.3, 0.4) is 0 Å². The molecule has 0 aliphatic rings. The lowest BCUT2D eigenvalue weighted by atomic mass is 10.2. The topological polar surface area (TPSA) is 37.4 Å². The Kier molecular flexibility index (Phi) is 3.88. The second kappa shape index (κ2) is 4.80. The van der Waals surface area contributed by atoms with Crippen LogP contribution in [-0.2, 0) is 10.0 Å². The van der Waals surface area contributed by atoms with E-state index in [1.54, 1.807) is 38.2 Å². The van der Waals surface area contributed by atoms with E-state index in [0.717, 1.165) is 11.1 Å². The molecule has 1 aromatic carbocycles. The first-order valence-electron chi connectivity index (χ1n) is 5.01. The molecule has 88 valence electrons. The van der Waals surface area contributed by atoms with E-state index >= 15 is 0 Å². The molecule has 0 amide bonds. The maximum absolute atomic E-state index is 12.1. The summed E-state index contributed by atoms with van der Waals surface area (Å²) in [5.74, 6) is 0. The summed E-state index contributed by atoms with van der Waals surface area (Å²) in [5, 5.41) is 0. The third-order valence-electron chi connectivity index (χ3n) is 2.22. The van der Waals surface area contributed by atoms with Crippen molar-refractivity contribution in [3.8, 4) is 0 Å². The average Bonchev–Trinajstić information content (AvgIpc) is 2.17.